The zero-order valence-corrected chi connectivity index (χ0v) is 11.0. The average Bonchev–Trinajstić information content (AvgIpc) is 2.52. The van der Waals surface area contributed by atoms with Gasteiger partial charge in [0.2, 0.25) is 0 Å². The maximum Gasteiger partial charge on any atom is 0.0662 e. The predicted octanol–water partition coefficient (Wildman–Crippen LogP) is 0.330. The highest BCUT2D eigenvalue weighted by atomic mass is 16.5. The molecule has 98 valence electrons. The Labute approximate surface area is 104 Å². The van der Waals surface area contributed by atoms with Crippen molar-refractivity contribution in [3.8, 4) is 0 Å². The van der Waals surface area contributed by atoms with Crippen molar-refractivity contribution in [2.45, 2.75) is 25.0 Å². The molecule has 1 N–H and O–H groups in total. The zero-order chi connectivity index (χ0) is 12.5. The van der Waals surface area contributed by atoms with E-state index in [1.165, 1.54) is 5.57 Å². The summed E-state index contributed by atoms with van der Waals surface area (Å²) >= 11 is 0. The lowest BCUT2D eigenvalue weighted by molar-refractivity contribution is -0.0327. The van der Waals surface area contributed by atoms with Gasteiger partial charge in [0, 0.05) is 39.8 Å². The van der Waals surface area contributed by atoms with Gasteiger partial charge in [-0.1, -0.05) is 12.2 Å². The van der Waals surface area contributed by atoms with Crippen LogP contribution in [0.15, 0.2) is 12.2 Å². The van der Waals surface area contributed by atoms with Crippen LogP contribution in [0.4, 0.5) is 0 Å². The van der Waals surface area contributed by atoms with E-state index in [1.54, 1.807) is 7.11 Å². The third kappa shape index (κ3) is 2.71. The molecule has 0 aliphatic carbocycles. The molecule has 2 aliphatic rings. The normalized spacial score (nSPS) is 32.8. The van der Waals surface area contributed by atoms with Crippen LogP contribution in [0.1, 0.15) is 13.3 Å². The van der Waals surface area contributed by atoms with Crippen LogP contribution in [0, 0.1) is 0 Å². The van der Waals surface area contributed by atoms with E-state index in [0.717, 1.165) is 45.8 Å². The van der Waals surface area contributed by atoms with Crippen molar-refractivity contribution in [3.05, 3.63) is 12.2 Å². The Hall–Kier alpha value is -0.420. The van der Waals surface area contributed by atoms with Gasteiger partial charge in [-0.3, -0.25) is 9.80 Å². The minimum atomic E-state index is -0.259. The van der Waals surface area contributed by atoms with Gasteiger partial charge in [-0.25, -0.2) is 0 Å². The summed E-state index contributed by atoms with van der Waals surface area (Å²) in [5.74, 6) is 0. The van der Waals surface area contributed by atoms with Crippen LogP contribution < -0.4 is 0 Å². The number of fused-ring (bicyclic) bond motifs is 1. The highest BCUT2D eigenvalue weighted by Gasteiger charge is 2.46. The van der Waals surface area contributed by atoms with Gasteiger partial charge in [0.05, 0.1) is 18.2 Å². The number of piperazine rings is 1. The number of methoxy groups -OCH3 is 1. The quantitative estimate of drug-likeness (QED) is 0.718. The van der Waals surface area contributed by atoms with E-state index >= 15 is 0 Å². The summed E-state index contributed by atoms with van der Waals surface area (Å²) in [6, 6.07) is 0. The molecule has 0 bridgehead atoms. The minimum Gasteiger partial charge on any atom is -0.392 e. The van der Waals surface area contributed by atoms with Crippen molar-refractivity contribution in [2.24, 2.45) is 0 Å². The van der Waals surface area contributed by atoms with E-state index in [2.05, 4.69) is 16.4 Å². The standard InChI is InChI=1S/C13H24N2O2/c1-11-6-13(10-17-3)9-14(8-12(2)16)4-5-15(13)7-11/h12,16H,1,4-10H2,2-3H3/t12-,13+/m0/s1. The molecule has 2 heterocycles. The van der Waals surface area contributed by atoms with Gasteiger partial charge >= 0.3 is 0 Å². The number of rotatable bonds is 4. The Bertz CT molecular complexity index is 293. The summed E-state index contributed by atoms with van der Waals surface area (Å²) in [5.41, 5.74) is 1.40. The van der Waals surface area contributed by atoms with Crippen molar-refractivity contribution in [1.29, 1.82) is 0 Å². The van der Waals surface area contributed by atoms with Crippen LogP contribution in [0.25, 0.3) is 0 Å². The SMILES string of the molecule is C=C1CN2CCN(C[C@H](C)O)C[C@@]2(COC)C1. The molecule has 0 radical (unpaired) electrons. The van der Waals surface area contributed by atoms with E-state index in [9.17, 15) is 5.11 Å². The van der Waals surface area contributed by atoms with Crippen molar-refractivity contribution in [3.63, 3.8) is 0 Å². The largest absolute Gasteiger partial charge is 0.392 e. The molecule has 0 aromatic carbocycles. The van der Waals surface area contributed by atoms with Gasteiger partial charge < -0.3 is 9.84 Å². The fourth-order valence-corrected chi connectivity index (χ4v) is 3.29. The number of ether oxygens (including phenoxy) is 1. The maximum atomic E-state index is 9.51. The molecule has 2 saturated heterocycles. The fourth-order valence-electron chi connectivity index (χ4n) is 3.29. The second-order valence-electron chi connectivity index (χ2n) is 5.59. The lowest BCUT2D eigenvalue weighted by Gasteiger charge is -2.46. The van der Waals surface area contributed by atoms with Gasteiger partial charge in [-0.2, -0.15) is 0 Å². The smallest absolute Gasteiger partial charge is 0.0662 e. The first-order valence-corrected chi connectivity index (χ1v) is 6.37. The van der Waals surface area contributed by atoms with E-state index in [0.29, 0.717) is 0 Å². The topological polar surface area (TPSA) is 35.9 Å². The molecule has 0 amide bonds. The fraction of sp³-hybridized carbons (Fsp3) is 0.846. The molecule has 2 atom stereocenters. The molecule has 0 spiro atoms. The summed E-state index contributed by atoms with van der Waals surface area (Å²) < 4.78 is 5.42. The molecular formula is C13H24N2O2. The summed E-state index contributed by atoms with van der Waals surface area (Å²) in [5, 5.41) is 9.51. The van der Waals surface area contributed by atoms with Gasteiger partial charge in [0.25, 0.3) is 0 Å². The van der Waals surface area contributed by atoms with Gasteiger partial charge in [-0.05, 0) is 13.3 Å². The molecule has 0 aromatic heterocycles. The van der Waals surface area contributed by atoms with Crippen molar-refractivity contribution in [1.82, 2.24) is 9.80 Å². The number of aliphatic hydroxyl groups excluding tert-OH is 1. The summed E-state index contributed by atoms with van der Waals surface area (Å²) in [4.78, 5) is 4.84. The van der Waals surface area contributed by atoms with Crippen LogP contribution in [0.3, 0.4) is 0 Å². The first kappa shape index (κ1) is 13.0. The van der Waals surface area contributed by atoms with Gasteiger partial charge in [0.15, 0.2) is 0 Å². The molecule has 4 nitrogen and oxygen atoms in total. The molecule has 4 heteroatoms. The lowest BCUT2D eigenvalue weighted by Crippen LogP contribution is -2.62. The summed E-state index contributed by atoms with van der Waals surface area (Å²) in [7, 11) is 1.77. The van der Waals surface area contributed by atoms with Crippen LogP contribution in [-0.4, -0.2) is 73.0 Å². The first-order valence-electron chi connectivity index (χ1n) is 6.37. The van der Waals surface area contributed by atoms with Crippen LogP contribution in [0.2, 0.25) is 0 Å². The van der Waals surface area contributed by atoms with Crippen molar-refractivity contribution < 1.29 is 9.84 Å². The molecular weight excluding hydrogens is 216 g/mol. The Morgan fingerprint density at radius 1 is 1.53 bits per heavy atom. The van der Waals surface area contributed by atoms with E-state index in [1.807, 2.05) is 6.92 Å². The minimum absolute atomic E-state index is 0.0962. The number of β-amino-alcohol motifs (C(OH)–C–C–N with tert-alkyl or cyclic N) is 1. The average molecular weight is 240 g/mol. The van der Waals surface area contributed by atoms with E-state index < -0.39 is 0 Å². The maximum absolute atomic E-state index is 9.51. The van der Waals surface area contributed by atoms with Crippen molar-refractivity contribution >= 4 is 0 Å². The second-order valence-corrected chi connectivity index (χ2v) is 5.59. The summed E-state index contributed by atoms with van der Waals surface area (Å²) in [6.45, 7) is 11.5. The Morgan fingerprint density at radius 3 is 2.94 bits per heavy atom. The number of hydrogen-bond acceptors (Lipinski definition) is 4. The molecule has 0 unspecified atom stereocenters. The Kier molecular flexibility index (Phi) is 3.88. The molecule has 17 heavy (non-hydrogen) atoms. The molecule has 0 aromatic rings. The monoisotopic (exact) mass is 240 g/mol. The van der Waals surface area contributed by atoms with E-state index in [-0.39, 0.29) is 11.6 Å². The van der Waals surface area contributed by atoms with E-state index in [4.69, 9.17) is 4.74 Å². The Morgan fingerprint density at radius 2 is 2.29 bits per heavy atom. The second kappa shape index (κ2) is 5.06. The lowest BCUT2D eigenvalue weighted by atomic mass is 9.93. The summed E-state index contributed by atoms with van der Waals surface area (Å²) in [6.07, 6.45) is 0.766. The highest BCUT2D eigenvalue weighted by Crippen LogP contribution is 2.35. The van der Waals surface area contributed by atoms with Crippen LogP contribution in [0.5, 0.6) is 0 Å². The van der Waals surface area contributed by atoms with Crippen LogP contribution in [-0.2, 0) is 4.74 Å². The number of hydrogen-bond donors (Lipinski definition) is 1. The van der Waals surface area contributed by atoms with Crippen molar-refractivity contribution in [2.75, 3.05) is 46.4 Å². The van der Waals surface area contributed by atoms with Gasteiger partial charge in [0.1, 0.15) is 0 Å². The molecule has 2 aliphatic heterocycles. The highest BCUT2D eigenvalue weighted by molar-refractivity contribution is 5.17. The molecule has 0 saturated carbocycles. The third-order valence-electron chi connectivity index (χ3n) is 3.80. The predicted molar refractivity (Wildman–Crippen MR) is 68.1 cm³/mol. The first-order chi connectivity index (χ1) is 8.05. The zero-order valence-electron chi connectivity index (χ0n) is 11.0. The third-order valence-corrected chi connectivity index (χ3v) is 3.80. The Balaban J connectivity index is 2.07. The number of nitrogens with zero attached hydrogens (tertiary/aromatic N) is 2. The number of aliphatic hydroxyl groups is 1. The molecule has 2 rings (SSSR count). The van der Waals surface area contributed by atoms with Gasteiger partial charge in [-0.15, -0.1) is 0 Å². The van der Waals surface area contributed by atoms with Crippen LogP contribution >= 0.6 is 0 Å². The molecule has 2 fully saturated rings.